The molecule has 0 aliphatic carbocycles. The summed E-state index contributed by atoms with van der Waals surface area (Å²) in [6, 6.07) is 1.27. The SMILES string of the molecule is O=S(=O)(Cl)CCSc1ncc(Br)cc1F. The van der Waals surface area contributed by atoms with Crippen LogP contribution < -0.4 is 0 Å². The Balaban J connectivity index is 2.59. The minimum atomic E-state index is -3.52. The zero-order chi connectivity index (χ0) is 11.5. The van der Waals surface area contributed by atoms with Gasteiger partial charge in [-0.05, 0) is 22.0 Å². The molecule has 0 aliphatic heterocycles. The monoisotopic (exact) mass is 333 g/mol. The first kappa shape index (κ1) is 13.2. The third kappa shape index (κ3) is 5.14. The minimum absolute atomic E-state index is 0.165. The Hall–Kier alpha value is 0.150. The molecule has 0 spiro atoms. The van der Waals surface area contributed by atoms with Crippen molar-refractivity contribution >= 4 is 47.4 Å². The topological polar surface area (TPSA) is 47.0 Å². The van der Waals surface area contributed by atoms with E-state index in [9.17, 15) is 12.8 Å². The van der Waals surface area contributed by atoms with Gasteiger partial charge in [-0.25, -0.2) is 17.8 Å². The van der Waals surface area contributed by atoms with E-state index in [1.54, 1.807) is 0 Å². The van der Waals surface area contributed by atoms with Crippen molar-refractivity contribution in [3.63, 3.8) is 0 Å². The van der Waals surface area contributed by atoms with Gasteiger partial charge in [-0.15, -0.1) is 11.8 Å². The fraction of sp³-hybridized carbons (Fsp3) is 0.286. The van der Waals surface area contributed by atoms with Gasteiger partial charge in [0.15, 0.2) is 5.82 Å². The summed E-state index contributed by atoms with van der Waals surface area (Å²) in [6.45, 7) is 0. The van der Waals surface area contributed by atoms with Crippen molar-refractivity contribution in [2.24, 2.45) is 0 Å². The Morgan fingerprint density at radius 3 is 2.80 bits per heavy atom. The maximum absolute atomic E-state index is 13.2. The number of hydrogen-bond donors (Lipinski definition) is 0. The number of aromatic nitrogens is 1. The second kappa shape index (κ2) is 5.47. The van der Waals surface area contributed by atoms with Crippen molar-refractivity contribution in [2.75, 3.05) is 11.5 Å². The molecule has 0 amide bonds. The molecule has 1 heterocycles. The van der Waals surface area contributed by atoms with Gasteiger partial charge >= 0.3 is 0 Å². The van der Waals surface area contributed by atoms with Crippen LogP contribution in [-0.4, -0.2) is 24.9 Å². The lowest BCUT2D eigenvalue weighted by Gasteiger charge is -2.00. The fourth-order valence-electron chi connectivity index (χ4n) is 0.746. The smallest absolute Gasteiger partial charge is 0.233 e. The fourth-order valence-corrected chi connectivity index (χ4v) is 3.26. The highest BCUT2D eigenvalue weighted by atomic mass is 79.9. The third-order valence-electron chi connectivity index (χ3n) is 1.34. The Morgan fingerprint density at radius 1 is 1.60 bits per heavy atom. The van der Waals surface area contributed by atoms with Gasteiger partial charge in [-0.2, -0.15) is 0 Å². The zero-order valence-electron chi connectivity index (χ0n) is 7.28. The molecule has 0 aliphatic rings. The average molecular weight is 335 g/mol. The third-order valence-corrected chi connectivity index (χ3v) is 4.17. The van der Waals surface area contributed by atoms with Gasteiger partial charge in [0.25, 0.3) is 0 Å². The van der Waals surface area contributed by atoms with Crippen LogP contribution in [0.5, 0.6) is 0 Å². The lowest BCUT2D eigenvalue weighted by molar-refractivity contribution is 0.586. The molecule has 0 bridgehead atoms. The second-order valence-electron chi connectivity index (χ2n) is 2.53. The Morgan fingerprint density at radius 2 is 2.27 bits per heavy atom. The maximum atomic E-state index is 13.2. The summed E-state index contributed by atoms with van der Waals surface area (Å²) in [4.78, 5) is 3.80. The minimum Gasteiger partial charge on any atom is -0.246 e. The molecule has 0 saturated heterocycles. The van der Waals surface area contributed by atoms with Crippen LogP contribution in [0.15, 0.2) is 21.8 Å². The number of halogens is 3. The molecule has 0 N–H and O–H groups in total. The molecule has 0 saturated carbocycles. The van der Waals surface area contributed by atoms with Crippen molar-refractivity contribution in [2.45, 2.75) is 5.03 Å². The van der Waals surface area contributed by atoms with Crippen LogP contribution >= 0.6 is 38.4 Å². The van der Waals surface area contributed by atoms with Gasteiger partial charge in [0, 0.05) is 27.1 Å². The average Bonchev–Trinajstić information content (AvgIpc) is 2.07. The molecule has 0 atom stereocenters. The summed E-state index contributed by atoms with van der Waals surface area (Å²) in [5.74, 6) is -0.519. The van der Waals surface area contributed by atoms with Crippen LogP contribution in [0, 0.1) is 5.82 Å². The number of thioether (sulfide) groups is 1. The van der Waals surface area contributed by atoms with Crippen molar-refractivity contribution < 1.29 is 12.8 Å². The predicted molar refractivity (Wildman–Crippen MR) is 62.3 cm³/mol. The van der Waals surface area contributed by atoms with Crippen molar-refractivity contribution in [3.8, 4) is 0 Å². The molecular weight excluding hydrogens is 329 g/mol. The largest absolute Gasteiger partial charge is 0.246 e. The molecule has 15 heavy (non-hydrogen) atoms. The van der Waals surface area contributed by atoms with Crippen LogP contribution in [-0.2, 0) is 9.05 Å². The summed E-state index contributed by atoms with van der Waals surface area (Å²) in [5.41, 5.74) is 0. The van der Waals surface area contributed by atoms with Gasteiger partial charge in [-0.3, -0.25) is 0 Å². The first-order valence-electron chi connectivity index (χ1n) is 3.74. The van der Waals surface area contributed by atoms with E-state index in [-0.39, 0.29) is 16.5 Å². The zero-order valence-corrected chi connectivity index (χ0v) is 11.3. The molecular formula is C7H6BrClFNO2S2. The first-order valence-corrected chi connectivity index (χ1v) is 8.00. The van der Waals surface area contributed by atoms with Gasteiger partial charge < -0.3 is 0 Å². The highest BCUT2D eigenvalue weighted by Gasteiger charge is 2.09. The first-order chi connectivity index (χ1) is 6.88. The van der Waals surface area contributed by atoms with Gasteiger partial charge in [0.05, 0.1) is 5.75 Å². The molecule has 0 unspecified atom stereocenters. The molecule has 84 valence electrons. The van der Waals surface area contributed by atoms with Gasteiger partial charge in [0.1, 0.15) is 5.03 Å². The maximum Gasteiger partial charge on any atom is 0.233 e. The normalized spacial score (nSPS) is 11.7. The van der Waals surface area contributed by atoms with E-state index in [0.717, 1.165) is 11.8 Å². The molecule has 1 aromatic heterocycles. The van der Waals surface area contributed by atoms with Crippen LogP contribution in [0.4, 0.5) is 4.39 Å². The van der Waals surface area contributed by atoms with E-state index in [0.29, 0.717) is 4.47 Å². The van der Waals surface area contributed by atoms with Gasteiger partial charge in [0.2, 0.25) is 9.05 Å². The molecule has 0 aromatic carbocycles. The van der Waals surface area contributed by atoms with E-state index in [1.165, 1.54) is 12.3 Å². The van der Waals surface area contributed by atoms with Crippen LogP contribution in [0.1, 0.15) is 0 Å². The Labute approximate surface area is 104 Å². The van der Waals surface area contributed by atoms with E-state index >= 15 is 0 Å². The van der Waals surface area contributed by atoms with Crippen LogP contribution in [0.25, 0.3) is 0 Å². The summed E-state index contributed by atoms with van der Waals surface area (Å²) >= 11 is 4.08. The highest BCUT2D eigenvalue weighted by molar-refractivity contribution is 9.10. The van der Waals surface area contributed by atoms with Crippen LogP contribution in [0.3, 0.4) is 0 Å². The summed E-state index contributed by atoms with van der Waals surface area (Å²) < 4.78 is 34.9. The lowest BCUT2D eigenvalue weighted by Crippen LogP contribution is -2.00. The van der Waals surface area contributed by atoms with Crippen LogP contribution in [0.2, 0.25) is 0 Å². The number of hydrogen-bond acceptors (Lipinski definition) is 4. The predicted octanol–water partition coefficient (Wildman–Crippen LogP) is 2.64. The molecule has 0 radical (unpaired) electrons. The molecule has 3 nitrogen and oxygen atoms in total. The highest BCUT2D eigenvalue weighted by Crippen LogP contribution is 2.22. The van der Waals surface area contributed by atoms with E-state index in [1.807, 2.05) is 0 Å². The Bertz CT molecular complexity index is 454. The van der Waals surface area contributed by atoms with Gasteiger partial charge in [-0.1, -0.05) is 0 Å². The van der Waals surface area contributed by atoms with E-state index in [2.05, 4.69) is 20.9 Å². The van der Waals surface area contributed by atoms with E-state index < -0.39 is 14.9 Å². The Kier molecular flexibility index (Phi) is 4.82. The second-order valence-corrected chi connectivity index (χ2v) is 7.43. The standard InChI is InChI=1S/C7H6BrClFNO2S2/c8-5-3-6(10)7(11-4-5)14-1-2-15(9,12)13/h3-4H,1-2H2. The number of nitrogens with zero attached hydrogens (tertiary/aromatic N) is 1. The quantitative estimate of drug-likeness (QED) is 0.627. The van der Waals surface area contributed by atoms with Crippen molar-refractivity contribution in [1.82, 2.24) is 4.98 Å². The lowest BCUT2D eigenvalue weighted by atomic mass is 10.5. The molecule has 1 rings (SSSR count). The summed E-state index contributed by atoms with van der Waals surface area (Å²) in [6.07, 6.45) is 1.45. The number of pyridine rings is 1. The van der Waals surface area contributed by atoms with E-state index in [4.69, 9.17) is 10.7 Å². The summed E-state index contributed by atoms with van der Waals surface area (Å²) in [5, 5.41) is 0.165. The van der Waals surface area contributed by atoms with Crippen molar-refractivity contribution in [3.05, 3.63) is 22.6 Å². The molecule has 0 fully saturated rings. The molecule has 8 heteroatoms. The molecule has 1 aromatic rings. The van der Waals surface area contributed by atoms with Crippen molar-refractivity contribution in [1.29, 1.82) is 0 Å². The number of rotatable bonds is 4. The summed E-state index contributed by atoms with van der Waals surface area (Å²) in [7, 11) is 1.48.